The van der Waals surface area contributed by atoms with Crippen LogP contribution in [0, 0.1) is 25.3 Å². The van der Waals surface area contributed by atoms with Gasteiger partial charge in [0, 0.05) is 9.11 Å². The molecular weight excluding hydrogens is 433 g/mol. The fourth-order valence-corrected chi connectivity index (χ4v) is 2.75. The molecule has 13 nitrogen and oxygen atoms in total. The van der Waals surface area contributed by atoms with Gasteiger partial charge < -0.3 is 33.9 Å². The van der Waals surface area contributed by atoms with Gasteiger partial charge in [0.15, 0.2) is 40.7 Å². The molecule has 1 fully saturated rings. The summed E-state index contributed by atoms with van der Waals surface area (Å²) in [6.07, 6.45) is -3.81. The Morgan fingerprint density at radius 3 is 3.03 bits per heavy atom. The van der Waals surface area contributed by atoms with E-state index in [0.717, 1.165) is 10.9 Å². The van der Waals surface area contributed by atoms with Crippen molar-refractivity contribution >= 4 is 23.1 Å². The molecule has 0 radical (unpaired) electrons. The van der Waals surface area contributed by atoms with E-state index in [2.05, 4.69) is 28.5 Å². The number of aliphatic hydroxyl groups is 1. The molecule has 0 saturated carbocycles. The van der Waals surface area contributed by atoms with Gasteiger partial charge in [-0.1, -0.05) is 5.92 Å². The molecule has 3 aromatic rings. The van der Waals surface area contributed by atoms with E-state index in [1.807, 2.05) is 5.92 Å². The van der Waals surface area contributed by atoms with Gasteiger partial charge in [-0.3, -0.25) is 4.57 Å². The summed E-state index contributed by atoms with van der Waals surface area (Å²) in [5.74, 6) is 0.199. The summed E-state index contributed by atoms with van der Waals surface area (Å²) in [7, 11) is 0. The second kappa shape index (κ2) is 7.94. The molecule has 4 heterocycles. The van der Waals surface area contributed by atoms with Gasteiger partial charge in [-0.2, -0.15) is 14.4 Å². The van der Waals surface area contributed by atoms with E-state index in [4.69, 9.17) is 27.1 Å². The lowest BCUT2D eigenvalue weighted by Gasteiger charge is -2.25. The van der Waals surface area contributed by atoms with Crippen LogP contribution in [0.15, 0.2) is 20.0 Å². The molecule has 1 aliphatic heterocycles. The molecule has 14 heteroatoms. The predicted molar refractivity (Wildman–Crippen MR) is 100 cm³/mol. The monoisotopic (exact) mass is 453 g/mol. The highest BCUT2D eigenvalue weighted by atomic mass is 19.1. The Morgan fingerprint density at radius 2 is 2.34 bits per heavy atom. The fourth-order valence-electron chi connectivity index (χ4n) is 2.75. The number of aryl methyl sites for hydroxylation is 1. The number of nitrogens with zero attached hydrogens (tertiary/aromatic N) is 4. The maximum atomic E-state index is 13.8. The summed E-state index contributed by atoms with van der Waals surface area (Å²) in [6.45, 7) is -2.74. The van der Waals surface area contributed by atoms with Crippen molar-refractivity contribution in [1.29, 1.82) is 0 Å². The Hall–Kier alpha value is -3.96. The Balaban J connectivity index is 1.64. The Morgan fingerprint density at radius 1 is 1.56 bits per heavy atom. The number of carbonyl (C=O) groups is 1. The molecule has 0 spiro atoms. The zero-order valence-corrected chi connectivity index (χ0v) is 16.1. The number of imidazole rings is 1. The number of nitrogen functional groups attached to an aromatic ring is 1. The van der Waals surface area contributed by atoms with Crippen LogP contribution in [0.25, 0.3) is 11.2 Å². The minimum atomic E-state index is -3.40. The summed E-state index contributed by atoms with van der Waals surface area (Å²) in [4.78, 5) is 33.9. The number of ether oxygens (including phenoxy) is 3. The highest BCUT2D eigenvalue weighted by molar-refractivity contribution is 5.81. The van der Waals surface area contributed by atoms with Crippen molar-refractivity contribution in [3.05, 3.63) is 34.5 Å². The average molecular weight is 453 g/mol. The van der Waals surface area contributed by atoms with E-state index in [-0.39, 0.29) is 28.5 Å². The van der Waals surface area contributed by atoms with Crippen molar-refractivity contribution in [3.63, 3.8) is 0 Å². The van der Waals surface area contributed by atoms with Gasteiger partial charge in [0.05, 0.1) is 9.07 Å². The lowest BCUT2D eigenvalue weighted by atomic mass is 9.99. The van der Waals surface area contributed by atoms with Crippen molar-refractivity contribution in [1.82, 2.24) is 19.5 Å². The van der Waals surface area contributed by atoms with Crippen LogP contribution in [0.3, 0.4) is 0 Å². The highest BCUT2D eigenvalue weighted by Crippen LogP contribution is 2.38. The van der Waals surface area contributed by atoms with E-state index >= 15 is 0 Å². The molecule has 0 aromatic carbocycles. The summed E-state index contributed by atoms with van der Waals surface area (Å²) in [6, 6.07) is 0. The van der Waals surface area contributed by atoms with Crippen molar-refractivity contribution in [2.45, 2.75) is 37.8 Å². The minimum absolute atomic E-state index is 0.00469. The number of hydrogen-bond donors (Lipinski definition) is 2. The maximum Gasteiger partial charge on any atom is 0.519 e. The molecular formula is C18H16FN5O8. The van der Waals surface area contributed by atoms with Gasteiger partial charge in [0.25, 0.3) is 0 Å². The van der Waals surface area contributed by atoms with Crippen LogP contribution < -0.4 is 11.6 Å². The predicted octanol–water partition coefficient (Wildman–Crippen LogP) is 0.407. The van der Waals surface area contributed by atoms with Gasteiger partial charge in [0.1, 0.15) is 18.9 Å². The molecule has 0 bridgehead atoms. The number of aromatic nitrogens is 4. The number of anilines is 1. The summed E-state index contributed by atoms with van der Waals surface area (Å²) in [5.41, 5.74) is 2.19. The van der Waals surface area contributed by atoms with Crippen LogP contribution in [0.2, 0.25) is 0 Å². The van der Waals surface area contributed by atoms with E-state index in [0.29, 0.717) is 0 Å². The lowest BCUT2D eigenvalue weighted by molar-refractivity contribution is -0.0987. The van der Waals surface area contributed by atoms with Gasteiger partial charge in [-0.25, -0.2) is 14.6 Å². The molecule has 0 aliphatic carbocycles. The molecule has 168 valence electrons. The molecule has 0 unspecified atom stereocenters. The third-order valence-electron chi connectivity index (χ3n) is 4.31. The van der Waals surface area contributed by atoms with Crippen molar-refractivity contribution in [2.24, 2.45) is 0 Å². The number of nitrogens with two attached hydrogens (primary N) is 1. The van der Waals surface area contributed by atoms with Crippen molar-refractivity contribution in [2.75, 3.05) is 12.3 Å². The van der Waals surface area contributed by atoms with Gasteiger partial charge in [-0.05, 0) is 6.92 Å². The smallest absolute Gasteiger partial charge is 0.430 e. The van der Waals surface area contributed by atoms with Gasteiger partial charge >= 0.3 is 18.1 Å². The first-order chi connectivity index (χ1) is 16.7. The second-order valence-corrected chi connectivity index (χ2v) is 6.30. The molecule has 1 aliphatic rings. The lowest BCUT2D eigenvalue weighted by Crippen LogP contribution is -2.43. The largest absolute Gasteiger partial charge is 0.519 e. The molecule has 3 atom stereocenters. The number of rotatable bonds is 5. The minimum Gasteiger partial charge on any atom is -0.430 e. The summed E-state index contributed by atoms with van der Waals surface area (Å²) < 4.78 is 71.7. The first kappa shape index (κ1) is 16.7. The van der Waals surface area contributed by atoms with E-state index in [1.165, 1.54) is 6.92 Å². The first-order valence-electron chi connectivity index (χ1n) is 10.7. The zero-order valence-electron chi connectivity index (χ0n) is 20.1. The van der Waals surface area contributed by atoms with E-state index in [1.54, 1.807) is 0 Å². The standard InChI is InChI=1S/C18H16FN5O8/c1-3-18(6-29-16(26)28-5-9-8(2)30-17(27)31-9)10(25)4-11(32-18)24-7-21-12-13(20)22-15(19)23-14(12)24/h1,7,10-11,25H,4-6H2,2H3,(H2,20,22,23)/t10-,11+,18+/m0/s1/i4D2,6D2. The third kappa shape index (κ3) is 3.74. The SMILES string of the molecule is [2H]C1([2H])[C@H](n2cnc3c(N)nc(F)nc32)O[C@](C#C)(C([2H])([2H])OC(=O)OCc2oc(=O)oc2C)[C@H]1O. The number of hydrogen-bond acceptors (Lipinski definition) is 12. The average Bonchev–Trinajstić information content (AvgIpc) is 3.39. The van der Waals surface area contributed by atoms with E-state index < -0.39 is 55.5 Å². The topological polar surface area (TPSA) is 178 Å². The molecule has 32 heavy (non-hydrogen) atoms. The van der Waals surface area contributed by atoms with Crippen LogP contribution in [0.4, 0.5) is 15.0 Å². The molecule has 3 aromatic heterocycles. The van der Waals surface area contributed by atoms with Gasteiger partial charge in [0.2, 0.25) is 0 Å². The first-order valence-corrected chi connectivity index (χ1v) is 8.68. The molecule has 3 N–H and O–H groups in total. The van der Waals surface area contributed by atoms with Crippen molar-refractivity contribution in [3.8, 4) is 12.3 Å². The quantitative estimate of drug-likeness (QED) is 0.309. The number of carbonyl (C=O) groups excluding carboxylic acids is 1. The second-order valence-electron chi connectivity index (χ2n) is 6.30. The maximum absolute atomic E-state index is 13.8. The molecule has 1 saturated heterocycles. The molecule has 0 amide bonds. The molecule has 4 rings (SSSR count). The van der Waals surface area contributed by atoms with Crippen LogP contribution in [-0.4, -0.2) is 49.0 Å². The van der Waals surface area contributed by atoms with E-state index in [9.17, 15) is 19.1 Å². The summed E-state index contributed by atoms with van der Waals surface area (Å²) in [5, 5.41) is 10.8. The third-order valence-corrected chi connectivity index (χ3v) is 4.31. The zero-order chi connectivity index (χ0) is 26.6. The number of terminal acetylenes is 1. The van der Waals surface area contributed by atoms with Crippen LogP contribution in [0.5, 0.6) is 0 Å². The van der Waals surface area contributed by atoms with Crippen LogP contribution in [0.1, 0.15) is 29.6 Å². The fraction of sp³-hybridized carbons (Fsp3) is 0.389. The number of fused-ring (bicyclic) bond motifs is 1. The van der Waals surface area contributed by atoms with Crippen LogP contribution >= 0.6 is 0 Å². The Kier molecular flexibility index (Phi) is 4.15. The Labute approximate surface area is 183 Å². The highest BCUT2D eigenvalue weighted by Gasteiger charge is 2.49. The number of halogens is 1. The number of aliphatic hydroxyl groups excluding tert-OH is 1. The normalized spacial score (nSPS) is 26.6. The van der Waals surface area contributed by atoms with Gasteiger partial charge in [-0.15, -0.1) is 6.42 Å². The van der Waals surface area contributed by atoms with Crippen LogP contribution in [-0.2, 0) is 20.8 Å². The van der Waals surface area contributed by atoms with Crippen molar-refractivity contribution < 1.29 is 42.8 Å². The summed E-state index contributed by atoms with van der Waals surface area (Å²) >= 11 is 0. The Bertz CT molecular complexity index is 1450.